The van der Waals surface area contributed by atoms with Gasteiger partial charge in [-0.05, 0) is 24.1 Å². The van der Waals surface area contributed by atoms with Crippen LogP contribution in [0.2, 0.25) is 0 Å². The summed E-state index contributed by atoms with van der Waals surface area (Å²) in [4.78, 5) is 0. The van der Waals surface area contributed by atoms with Gasteiger partial charge in [0.2, 0.25) is 6.79 Å². The van der Waals surface area contributed by atoms with Crippen LogP contribution in [0.25, 0.3) is 0 Å². The molecule has 0 aromatic heterocycles. The summed E-state index contributed by atoms with van der Waals surface area (Å²) < 4.78 is 13.3. The largest absolute Gasteiger partial charge is 0.454 e. The van der Waals surface area contributed by atoms with Crippen LogP contribution in [0.4, 0.5) is 0 Å². The molecule has 0 bridgehead atoms. The van der Waals surface area contributed by atoms with E-state index >= 15 is 0 Å². The summed E-state index contributed by atoms with van der Waals surface area (Å²) in [5.41, 5.74) is 2.16. The average molecular weight is 288 g/mol. The lowest BCUT2D eigenvalue weighted by atomic mass is 9.69. The zero-order chi connectivity index (χ0) is 14.1. The lowest BCUT2D eigenvalue weighted by Gasteiger charge is -2.39. The summed E-state index contributed by atoms with van der Waals surface area (Å²) in [5.74, 6) is 1.93. The highest BCUT2D eigenvalue weighted by molar-refractivity contribution is 5.82. The summed E-state index contributed by atoms with van der Waals surface area (Å²) in [7, 11) is 0. The third kappa shape index (κ3) is 1.50. The van der Waals surface area contributed by atoms with E-state index in [0.717, 1.165) is 35.6 Å². The maximum absolute atomic E-state index is 10.6. The summed E-state index contributed by atoms with van der Waals surface area (Å²) >= 11 is 0. The maximum Gasteiger partial charge on any atom is 0.231 e. The van der Waals surface area contributed by atoms with Crippen molar-refractivity contribution in [2.75, 3.05) is 13.3 Å². The molecule has 5 rings (SSSR count). The van der Waals surface area contributed by atoms with Crippen LogP contribution in [-0.2, 0) is 0 Å². The molecule has 0 amide bonds. The van der Waals surface area contributed by atoms with Gasteiger partial charge in [-0.25, -0.2) is 4.58 Å². The Balaban J connectivity index is 1.71. The van der Waals surface area contributed by atoms with E-state index in [9.17, 15) is 10.2 Å². The maximum atomic E-state index is 10.6. The fourth-order valence-electron chi connectivity index (χ4n) is 4.62. The lowest BCUT2D eigenvalue weighted by molar-refractivity contribution is -0.554. The fraction of sp³-hybridized carbons (Fsp3) is 0.562. The van der Waals surface area contributed by atoms with Gasteiger partial charge < -0.3 is 19.7 Å². The number of hydrogen-bond acceptors (Lipinski definition) is 4. The minimum absolute atomic E-state index is 0.0456. The second-order valence-electron chi connectivity index (χ2n) is 6.56. The van der Waals surface area contributed by atoms with Crippen molar-refractivity contribution >= 4 is 6.21 Å². The van der Waals surface area contributed by atoms with E-state index in [2.05, 4.69) is 10.8 Å². The third-order valence-corrected chi connectivity index (χ3v) is 5.54. The smallest absolute Gasteiger partial charge is 0.231 e. The van der Waals surface area contributed by atoms with Gasteiger partial charge in [0.05, 0.1) is 18.1 Å². The number of fused-ring (bicyclic) bond motifs is 3. The first-order chi connectivity index (χ1) is 10.2. The Morgan fingerprint density at radius 3 is 2.81 bits per heavy atom. The van der Waals surface area contributed by atoms with Crippen molar-refractivity contribution in [3.63, 3.8) is 0 Å². The Bertz CT molecular complexity index is 656. The Morgan fingerprint density at radius 1 is 1.14 bits per heavy atom. The van der Waals surface area contributed by atoms with E-state index in [0.29, 0.717) is 18.4 Å². The highest BCUT2D eigenvalue weighted by atomic mass is 16.7. The molecule has 5 nitrogen and oxygen atoms in total. The number of benzene rings is 1. The van der Waals surface area contributed by atoms with E-state index < -0.39 is 12.2 Å². The molecule has 0 spiro atoms. The van der Waals surface area contributed by atoms with Crippen LogP contribution in [0.5, 0.6) is 11.5 Å². The van der Waals surface area contributed by atoms with Crippen LogP contribution < -0.4 is 9.47 Å². The third-order valence-electron chi connectivity index (χ3n) is 5.54. The number of hydrogen-bond donors (Lipinski definition) is 2. The molecular weight excluding hydrogens is 270 g/mol. The zero-order valence-corrected chi connectivity index (χ0v) is 11.6. The molecule has 4 aliphatic rings. The van der Waals surface area contributed by atoms with Gasteiger partial charge in [0.25, 0.3) is 0 Å². The van der Waals surface area contributed by atoms with Gasteiger partial charge in [-0.15, -0.1) is 0 Å². The summed E-state index contributed by atoms with van der Waals surface area (Å²) in [5, 5.41) is 20.8. The van der Waals surface area contributed by atoms with Crippen molar-refractivity contribution in [3.8, 4) is 11.5 Å². The van der Waals surface area contributed by atoms with Crippen molar-refractivity contribution in [1.82, 2.24) is 0 Å². The first-order valence-electron chi connectivity index (χ1n) is 7.62. The summed E-state index contributed by atoms with van der Waals surface area (Å²) in [6, 6.07) is 4.29. The summed E-state index contributed by atoms with van der Waals surface area (Å²) in [6.45, 7) is 1.25. The second-order valence-corrected chi connectivity index (χ2v) is 6.56. The summed E-state index contributed by atoms with van der Waals surface area (Å²) in [6.07, 6.45) is 2.63. The molecule has 5 atom stereocenters. The molecule has 21 heavy (non-hydrogen) atoms. The highest BCUT2D eigenvalue weighted by Gasteiger charge is 2.55. The SMILES string of the molecule is O[C@@H]1[C@H]2c3cc4c(cc3C=[N+]3CC[C@H](C[C@@H]1O)[C@H]23)OCO4. The van der Waals surface area contributed by atoms with E-state index in [4.69, 9.17) is 9.47 Å². The number of aliphatic hydroxyl groups excluding tert-OH is 2. The van der Waals surface area contributed by atoms with Gasteiger partial charge in [-0.1, -0.05) is 0 Å². The Kier molecular flexibility index (Phi) is 2.28. The van der Waals surface area contributed by atoms with Crippen molar-refractivity contribution < 1.29 is 24.3 Å². The van der Waals surface area contributed by atoms with E-state index in [1.165, 1.54) is 0 Å². The van der Waals surface area contributed by atoms with Crippen molar-refractivity contribution in [3.05, 3.63) is 23.3 Å². The number of nitrogens with zero attached hydrogens (tertiary/aromatic N) is 1. The molecule has 0 unspecified atom stereocenters. The van der Waals surface area contributed by atoms with Gasteiger partial charge in [-0.3, -0.25) is 0 Å². The number of aliphatic hydroxyl groups is 2. The van der Waals surface area contributed by atoms with Gasteiger partial charge in [0.1, 0.15) is 6.54 Å². The normalized spacial score (nSPS) is 38.8. The van der Waals surface area contributed by atoms with Crippen LogP contribution >= 0.6 is 0 Å². The molecule has 1 saturated carbocycles. The average Bonchev–Trinajstić information content (AvgIpc) is 3.08. The van der Waals surface area contributed by atoms with E-state index in [1.807, 2.05) is 12.1 Å². The molecule has 0 radical (unpaired) electrons. The topological polar surface area (TPSA) is 61.9 Å². The van der Waals surface area contributed by atoms with Gasteiger partial charge in [0, 0.05) is 17.9 Å². The Hall–Kier alpha value is -1.59. The molecule has 1 aromatic carbocycles. The first kappa shape index (κ1) is 12.0. The van der Waals surface area contributed by atoms with E-state index in [-0.39, 0.29) is 12.7 Å². The van der Waals surface area contributed by atoms with Crippen molar-refractivity contribution in [2.24, 2.45) is 5.92 Å². The minimum Gasteiger partial charge on any atom is -0.454 e. The second kappa shape index (κ2) is 3.99. The molecule has 5 heteroatoms. The molecule has 1 aromatic rings. The Morgan fingerprint density at radius 2 is 1.95 bits per heavy atom. The molecule has 3 heterocycles. The first-order valence-corrected chi connectivity index (χ1v) is 7.62. The highest BCUT2D eigenvalue weighted by Crippen LogP contribution is 2.48. The number of ether oxygens (including phenoxy) is 2. The lowest BCUT2D eigenvalue weighted by Crippen LogP contribution is -2.51. The van der Waals surface area contributed by atoms with Crippen molar-refractivity contribution in [2.45, 2.75) is 37.0 Å². The molecule has 1 aliphatic carbocycles. The molecule has 1 saturated heterocycles. The fourth-order valence-corrected chi connectivity index (χ4v) is 4.62. The van der Waals surface area contributed by atoms with Gasteiger partial charge in [-0.2, -0.15) is 0 Å². The van der Waals surface area contributed by atoms with Gasteiger partial charge >= 0.3 is 0 Å². The quantitative estimate of drug-likeness (QED) is 0.681. The van der Waals surface area contributed by atoms with Crippen LogP contribution in [0.3, 0.4) is 0 Å². The molecular formula is C16H18NO4+. The van der Waals surface area contributed by atoms with Gasteiger partial charge in [0.15, 0.2) is 23.8 Å². The molecule has 2 fully saturated rings. The molecule has 2 N–H and O–H groups in total. The monoisotopic (exact) mass is 288 g/mol. The van der Waals surface area contributed by atoms with Crippen LogP contribution in [0.1, 0.15) is 29.9 Å². The molecule has 3 aliphatic heterocycles. The van der Waals surface area contributed by atoms with Crippen molar-refractivity contribution in [1.29, 1.82) is 0 Å². The molecule has 110 valence electrons. The van der Waals surface area contributed by atoms with E-state index in [1.54, 1.807) is 0 Å². The van der Waals surface area contributed by atoms with Crippen LogP contribution in [0, 0.1) is 5.92 Å². The van der Waals surface area contributed by atoms with Crippen LogP contribution in [-0.4, -0.2) is 52.6 Å². The predicted molar refractivity (Wildman–Crippen MR) is 74.1 cm³/mol. The number of rotatable bonds is 0. The van der Waals surface area contributed by atoms with Crippen LogP contribution in [0.15, 0.2) is 12.1 Å². The Labute approximate surface area is 122 Å². The predicted octanol–water partition coefficient (Wildman–Crippen LogP) is 0.458. The standard InChI is InChI=1S/C16H18NO4/c18-11-3-8-1-2-17-6-9-4-12-13(21-7-20-12)5-10(9)14(15(8)17)16(11)19/h4-6,8,11,14-16,18-19H,1-3,7H2/q+1/t8-,11+,14+,15-,16+/m1/s1. The minimum atomic E-state index is -0.709. The zero-order valence-electron chi connectivity index (χ0n) is 11.6.